The SMILES string of the molecule is O=C(O)CC1c2ccc(Cl)cc2C2Nc3ccccc3[I-]C12. The Hall–Kier alpha value is -1.27. The van der Waals surface area contributed by atoms with E-state index in [1.165, 1.54) is 14.8 Å². The van der Waals surface area contributed by atoms with Gasteiger partial charge in [0.2, 0.25) is 0 Å². The number of aliphatic carboxylic acids is 1. The number of anilines is 1. The number of nitrogens with one attached hydrogen (secondary N) is 1. The average molecular weight is 427 g/mol. The maximum atomic E-state index is 11.3. The van der Waals surface area contributed by atoms with Crippen LogP contribution in [-0.2, 0) is 4.79 Å². The van der Waals surface area contributed by atoms with E-state index >= 15 is 0 Å². The van der Waals surface area contributed by atoms with Crippen LogP contribution in [-0.4, -0.2) is 15.0 Å². The van der Waals surface area contributed by atoms with Crippen LogP contribution in [0.1, 0.15) is 29.5 Å². The number of fused-ring (bicyclic) bond motifs is 4. The van der Waals surface area contributed by atoms with Crippen LogP contribution >= 0.6 is 11.6 Å². The van der Waals surface area contributed by atoms with Crippen molar-refractivity contribution in [3.05, 3.63) is 62.2 Å². The number of hydrogen-bond acceptors (Lipinski definition) is 2. The first-order valence-corrected chi connectivity index (χ1v) is 9.84. The van der Waals surface area contributed by atoms with Crippen molar-refractivity contribution in [1.82, 2.24) is 0 Å². The van der Waals surface area contributed by atoms with Crippen molar-refractivity contribution in [2.75, 3.05) is 5.32 Å². The summed E-state index contributed by atoms with van der Waals surface area (Å²) in [6.45, 7) is 0. The Labute approximate surface area is 143 Å². The molecule has 0 bridgehead atoms. The van der Waals surface area contributed by atoms with Gasteiger partial charge in [0.1, 0.15) is 0 Å². The zero-order valence-corrected chi connectivity index (χ0v) is 14.5. The van der Waals surface area contributed by atoms with Crippen LogP contribution in [0.25, 0.3) is 0 Å². The Morgan fingerprint density at radius 2 is 2.05 bits per heavy atom. The molecule has 0 aromatic heterocycles. The first kappa shape index (κ1) is 14.3. The van der Waals surface area contributed by atoms with E-state index in [2.05, 4.69) is 23.5 Å². The van der Waals surface area contributed by atoms with Crippen molar-refractivity contribution >= 4 is 23.3 Å². The maximum absolute atomic E-state index is 11.3. The van der Waals surface area contributed by atoms with E-state index in [1.54, 1.807) is 0 Å². The molecule has 2 N–H and O–H groups in total. The van der Waals surface area contributed by atoms with Gasteiger partial charge in [-0.25, -0.2) is 0 Å². The third kappa shape index (κ3) is 2.29. The number of carboxylic acids is 1. The van der Waals surface area contributed by atoms with Gasteiger partial charge in [0.25, 0.3) is 0 Å². The normalized spacial score (nSPS) is 25.2. The number of hydrogen-bond donors (Lipinski definition) is 2. The first-order valence-electron chi connectivity index (χ1n) is 7.13. The predicted molar refractivity (Wildman–Crippen MR) is 81.7 cm³/mol. The molecule has 0 saturated heterocycles. The van der Waals surface area contributed by atoms with E-state index in [0.717, 1.165) is 5.56 Å². The molecule has 0 spiro atoms. The number of halogens is 2. The summed E-state index contributed by atoms with van der Waals surface area (Å²) in [5.41, 5.74) is 3.53. The van der Waals surface area contributed by atoms with E-state index in [4.69, 9.17) is 11.6 Å². The fraction of sp³-hybridized carbons (Fsp3) is 0.235. The fourth-order valence-corrected chi connectivity index (χ4v) is 7.46. The molecule has 3 atom stereocenters. The standard InChI is InChI=1S/C17H14ClINO2/c18-9-5-6-10-11(8-15(21)22)16-17(12(10)7-9)20-14-4-2-1-3-13(14)19-16/h1-7,11,16-17,20H,8H2,(H,21,22)/q-1. The van der Waals surface area contributed by atoms with E-state index in [1.807, 2.05) is 24.3 Å². The summed E-state index contributed by atoms with van der Waals surface area (Å²) in [6.07, 6.45) is 0.194. The number of benzene rings is 2. The van der Waals surface area contributed by atoms with E-state index in [-0.39, 0.29) is 39.6 Å². The van der Waals surface area contributed by atoms with Gasteiger partial charge >= 0.3 is 144 Å². The summed E-state index contributed by atoms with van der Waals surface area (Å²) in [4.78, 5) is 11.3. The van der Waals surface area contributed by atoms with Gasteiger partial charge in [-0.15, -0.1) is 0 Å². The minimum absolute atomic E-state index is 0.0865. The molecule has 0 radical (unpaired) electrons. The molecule has 4 rings (SSSR count). The van der Waals surface area contributed by atoms with Crippen LogP contribution in [0, 0.1) is 3.57 Å². The Kier molecular flexibility index (Phi) is 3.53. The Bertz CT molecular complexity index is 764. The second-order valence-electron chi connectivity index (χ2n) is 5.63. The van der Waals surface area contributed by atoms with Gasteiger partial charge in [0.15, 0.2) is 0 Å². The molecular weight excluding hydrogens is 413 g/mol. The number of carbonyl (C=O) groups is 1. The molecule has 1 aliphatic carbocycles. The van der Waals surface area contributed by atoms with Gasteiger partial charge in [-0.05, 0) is 0 Å². The Morgan fingerprint density at radius 3 is 2.86 bits per heavy atom. The summed E-state index contributed by atoms with van der Waals surface area (Å²) in [5.74, 6) is -0.641. The first-order chi connectivity index (χ1) is 10.6. The van der Waals surface area contributed by atoms with E-state index in [9.17, 15) is 9.90 Å². The molecule has 3 unspecified atom stereocenters. The third-order valence-corrected chi connectivity index (χ3v) is 8.46. The van der Waals surface area contributed by atoms with Crippen LogP contribution in [0.4, 0.5) is 5.69 Å². The van der Waals surface area contributed by atoms with Crippen LogP contribution in [0.5, 0.6) is 0 Å². The Balaban J connectivity index is 1.81. The molecule has 2 aliphatic rings. The van der Waals surface area contributed by atoms with E-state index < -0.39 is 5.97 Å². The quantitative estimate of drug-likeness (QED) is 0.549. The zero-order valence-electron chi connectivity index (χ0n) is 11.6. The molecule has 1 heterocycles. The topological polar surface area (TPSA) is 49.3 Å². The molecule has 2 aromatic rings. The zero-order chi connectivity index (χ0) is 15.3. The van der Waals surface area contributed by atoms with Gasteiger partial charge in [-0.1, -0.05) is 0 Å². The van der Waals surface area contributed by atoms with Gasteiger partial charge in [0, 0.05) is 0 Å². The summed E-state index contributed by atoms with van der Waals surface area (Å²) in [6, 6.07) is 14.5. The van der Waals surface area contributed by atoms with Gasteiger partial charge in [-0.3, -0.25) is 0 Å². The predicted octanol–water partition coefficient (Wildman–Crippen LogP) is 0.706. The van der Waals surface area contributed by atoms with Crippen molar-refractivity contribution in [2.24, 2.45) is 0 Å². The number of alkyl halides is 1. The monoisotopic (exact) mass is 426 g/mol. The van der Waals surface area contributed by atoms with Crippen molar-refractivity contribution in [1.29, 1.82) is 0 Å². The molecule has 2 aromatic carbocycles. The van der Waals surface area contributed by atoms with Gasteiger partial charge in [-0.2, -0.15) is 0 Å². The second-order valence-corrected chi connectivity index (χ2v) is 9.29. The molecule has 114 valence electrons. The van der Waals surface area contributed by atoms with E-state index in [0.29, 0.717) is 8.95 Å². The van der Waals surface area contributed by atoms with Gasteiger partial charge < -0.3 is 0 Å². The van der Waals surface area contributed by atoms with Crippen LogP contribution in [0.3, 0.4) is 0 Å². The molecule has 3 nitrogen and oxygen atoms in total. The number of rotatable bonds is 2. The molecule has 1 aliphatic heterocycles. The van der Waals surface area contributed by atoms with Crippen molar-refractivity contribution < 1.29 is 31.1 Å². The van der Waals surface area contributed by atoms with Crippen LogP contribution in [0.15, 0.2) is 42.5 Å². The molecule has 0 saturated carbocycles. The average Bonchev–Trinajstić information content (AvgIpc) is 2.78. The van der Waals surface area contributed by atoms with Crippen LogP contribution in [0.2, 0.25) is 5.02 Å². The van der Waals surface area contributed by atoms with Gasteiger partial charge in [0.05, 0.1) is 0 Å². The Morgan fingerprint density at radius 1 is 1.23 bits per heavy atom. The molecular formula is C17H14ClINO2-. The van der Waals surface area contributed by atoms with Crippen molar-refractivity contribution in [3.63, 3.8) is 0 Å². The number of carboxylic acid groups (broad SMARTS) is 1. The van der Waals surface area contributed by atoms with Crippen molar-refractivity contribution in [3.8, 4) is 0 Å². The summed E-state index contributed by atoms with van der Waals surface area (Å²) in [7, 11) is 0. The fourth-order valence-electron chi connectivity index (χ4n) is 3.41. The molecule has 0 fully saturated rings. The molecule has 0 amide bonds. The van der Waals surface area contributed by atoms with Crippen LogP contribution < -0.4 is 26.5 Å². The van der Waals surface area contributed by atoms with Crippen molar-refractivity contribution in [2.45, 2.75) is 22.3 Å². The minimum atomic E-state index is -0.727. The molecule has 5 heteroatoms. The molecule has 22 heavy (non-hydrogen) atoms. The third-order valence-electron chi connectivity index (χ3n) is 4.31. The second kappa shape index (κ2) is 5.42. The summed E-state index contributed by atoms with van der Waals surface area (Å²) < 4.78 is 1.75. The number of para-hydroxylation sites is 1. The summed E-state index contributed by atoms with van der Waals surface area (Å²) >= 11 is 5.93. The summed E-state index contributed by atoms with van der Waals surface area (Å²) in [5, 5.41) is 13.6.